The van der Waals surface area contributed by atoms with Gasteiger partial charge in [-0.2, -0.15) is 0 Å². The third kappa shape index (κ3) is 3.37. The quantitative estimate of drug-likeness (QED) is 0.797. The molecule has 0 unspecified atom stereocenters. The second-order valence-corrected chi connectivity index (χ2v) is 6.32. The summed E-state index contributed by atoms with van der Waals surface area (Å²) in [6.07, 6.45) is 5.44. The van der Waals surface area contributed by atoms with Crippen molar-refractivity contribution in [3.63, 3.8) is 0 Å². The maximum absolute atomic E-state index is 12.9. The number of aromatic nitrogens is 2. The molecule has 4 rings (SSSR count). The smallest absolute Gasteiger partial charge is 0.241 e. The van der Waals surface area contributed by atoms with Gasteiger partial charge in [0.25, 0.3) is 0 Å². The van der Waals surface area contributed by atoms with Gasteiger partial charge in [0, 0.05) is 24.3 Å². The predicted molar refractivity (Wildman–Crippen MR) is 98.0 cm³/mol. The van der Waals surface area contributed by atoms with Gasteiger partial charge in [-0.15, -0.1) is 0 Å². The van der Waals surface area contributed by atoms with Gasteiger partial charge in [0.15, 0.2) is 0 Å². The minimum absolute atomic E-state index is 0.0339. The zero-order chi connectivity index (χ0) is 17.1. The lowest BCUT2D eigenvalue weighted by Gasteiger charge is -2.23. The van der Waals surface area contributed by atoms with Gasteiger partial charge >= 0.3 is 0 Å². The van der Waals surface area contributed by atoms with Crippen LogP contribution in [0.1, 0.15) is 18.5 Å². The highest BCUT2D eigenvalue weighted by Crippen LogP contribution is 2.24. The van der Waals surface area contributed by atoms with E-state index in [1.165, 1.54) is 0 Å². The lowest BCUT2D eigenvalue weighted by atomic mass is 10.1. The summed E-state index contributed by atoms with van der Waals surface area (Å²) >= 11 is 0. The molecule has 1 amide bonds. The van der Waals surface area contributed by atoms with Crippen LogP contribution in [0, 0.1) is 0 Å². The third-order valence-electron chi connectivity index (χ3n) is 4.65. The lowest BCUT2D eigenvalue weighted by molar-refractivity contribution is -0.120. The van der Waals surface area contributed by atoms with Crippen LogP contribution in [0.5, 0.6) is 0 Å². The molecule has 0 bridgehead atoms. The monoisotopic (exact) mass is 332 g/mol. The molecule has 0 radical (unpaired) electrons. The molecule has 5 heteroatoms. The summed E-state index contributed by atoms with van der Waals surface area (Å²) in [5.74, 6) is 0.0339. The van der Waals surface area contributed by atoms with Crippen LogP contribution < -0.4 is 5.32 Å². The molecule has 1 aliphatic rings. The number of amides is 1. The highest BCUT2D eigenvalue weighted by Gasteiger charge is 2.31. The van der Waals surface area contributed by atoms with Gasteiger partial charge < -0.3 is 5.32 Å². The number of carbonyl (C=O) groups excluding carboxylic acids is 1. The first kappa shape index (κ1) is 15.7. The van der Waals surface area contributed by atoms with E-state index >= 15 is 0 Å². The van der Waals surface area contributed by atoms with Crippen LogP contribution >= 0.6 is 0 Å². The minimum atomic E-state index is -0.124. The molecule has 0 saturated carbocycles. The van der Waals surface area contributed by atoms with Crippen LogP contribution in [-0.2, 0) is 11.3 Å². The maximum Gasteiger partial charge on any atom is 0.241 e. The highest BCUT2D eigenvalue weighted by molar-refractivity contribution is 6.02. The number of benzene rings is 1. The van der Waals surface area contributed by atoms with E-state index in [9.17, 15) is 4.79 Å². The summed E-state index contributed by atoms with van der Waals surface area (Å²) in [7, 11) is 0. The van der Waals surface area contributed by atoms with Crippen LogP contribution in [0.3, 0.4) is 0 Å². The molecule has 1 fully saturated rings. The van der Waals surface area contributed by atoms with Crippen LogP contribution in [0.25, 0.3) is 10.9 Å². The first-order valence-corrected chi connectivity index (χ1v) is 8.60. The number of likely N-dealkylation sites (tertiary alicyclic amines) is 1. The van der Waals surface area contributed by atoms with Gasteiger partial charge in [-0.1, -0.05) is 24.3 Å². The zero-order valence-electron chi connectivity index (χ0n) is 13.9. The molecule has 2 aromatic heterocycles. The van der Waals surface area contributed by atoms with Gasteiger partial charge in [0.2, 0.25) is 5.91 Å². The van der Waals surface area contributed by atoms with Crippen molar-refractivity contribution in [3.05, 3.63) is 66.6 Å². The van der Waals surface area contributed by atoms with Crippen molar-refractivity contribution in [2.45, 2.75) is 25.4 Å². The molecule has 3 aromatic rings. The van der Waals surface area contributed by atoms with Gasteiger partial charge in [0.1, 0.15) is 0 Å². The number of para-hydroxylation sites is 1. The minimum Gasteiger partial charge on any atom is -0.323 e. The molecule has 0 spiro atoms. The summed E-state index contributed by atoms with van der Waals surface area (Å²) in [4.78, 5) is 23.8. The van der Waals surface area contributed by atoms with Crippen molar-refractivity contribution < 1.29 is 4.79 Å². The number of carbonyl (C=O) groups is 1. The number of nitrogens with one attached hydrogen (secondary N) is 1. The first-order valence-electron chi connectivity index (χ1n) is 8.60. The van der Waals surface area contributed by atoms with Crippen LogP contribution in [0.4, 0.5) is 5.69 Å². The summed E-state index contributed by atoms with van der Waals surface area (Å²) in [5, 5.41) is 4.10. The van der Waals surface area contributed by atoms with Gasteiger partial charge in [-0.25, -0.2) is 0 Å². The normalized spacial score (nSPS) is 17.7. The average molecular weight is 332 g/mol. The number of nitrogens with zero attached hydrogens (tertiary/aromatic N) is 3. The second-order valence-electron chi connectivity index (χ2n) is 6.32. The van der Waals surface area contributed by atoms with E-state index in [0.717, 1.165) is 41.7 Å². The first-order chi connectivity index (χ1) is 12.3. The Morgan fingerprint density at radius 3 is 2.84 bits per heavy atom. The van der Waals surface area contributed by atoms with Crippen LogP contribution in [-0.4, -0.2) is 33.4 Å². The average Bonchev–Trinajstić information content (AvgIpc) is 3.11. The van der Waals surface area contributed by atoms with E-state index < -0.39 is 0 Å². The Bertz CT molecular complexity index is 876. The van der Waals surface area contributed by atoms with Crippen molar-refractivity contribution in [1.29, 1.82) is 0 Å². The fraction of sp³-hybridized carbons (Fsp3) is 0.250. The SMILES string of the molecule is O=C(Nc1cccc2cccnc12)[C@@H]1CCCN1Cc1ccccn1. The van der Waals surface area contributed by atoms with E-state index in [2.05, 4.69) is 20.2 Å². The van der Waals surface area contributed by atoms with Gasteiger partial charge in [0.05, 0.1) is 22.9 Å². The second kappa shape index (κ2) is 6.99. The third-order valence-corrected chi connectivity index (χ3v) is 4.65. The number of anilines is 1. The summed E-state index contributed by atoms with van der Waals surface area (Å²) in [5.41, 5.74) is 2.59. The molecular formula is C20H20N4O. The summed E-state index contributed by atoms with van der Waals surface area (Å²) < 4.78 is 0. The van der Waals surface area contributed by atoms with Crippen LogP contribution in [0.15, 0.2) is 60.9 Å². The van der Waals surface area contributed by atoms with E-state index in [0.29, 0.717) is 6.54 Å². The Kier molecular flexibility index (Phi) is 4.39. The molecule has 1 atom stereocenters. The van der Waals surface area contributed by atoms with E-state index in [-0.39, 0.29) is 11.9 Å². The number of hydrogen-bond acceptors (Lipinski definition) is 4. The molecule has 1 aliphatic heterocycles. The Labute approximate surface area is 146 Å². The Morgan fingerprint density at radius 2 is 1.96 bits per heavy atom. The van der Waals surface area contributed by atoms with Crippen molar-refractivity contribution in [1.82, 2.24) is 14.9 Å². The Hall–Kier alpha value is -2.79. The van der Waals surface area contributed by atoms with Crippen molar-refractivity contribution in [2.24, 2.45) is 0 Å². The molecule has 1 N–H and O–H groups in total. The number of pyridine rings is 2. The molecule has 0 aliphatic carbocycles. The van der Waals surface area contributed by atoms with Crippen molar-refractivity contribution in [3.8, 4) is 0 Å². The molecule has 5 nitrogen and oxygen atoms in total. The zero-order valence-corrected chi connectivity index (χ0v) is 13.9. The molecule has 1 aromatic carbocycles. The van der Waals surface area contributed by atoms with E-state index in [4.69, 9.17) is 0 Å². The van der Waals surface area contributed by atoms with Gasteiger partial charge in [-0.05, 0) is 43.7 Å². The molecule has 1 saturated heterocycles. The van der Waals surface area contributed by atoms with Gasteiger partial charge in [-0.3, -0.25) is 19.7 Å². The Morgan fingerprint density at radius 1 is 1.08 bits per heavy atom. The fourth-order valence-electron chi connectivity index (χ4n) is 3.43. The van der Waals surface area contributed by atoms with E-state index in [1.54, 1.807) is 12.4 Å². The standard InChI is InChI=1S/C20H20N4O/c25-20(23-17-9-3-6-15-7-4-12-22-19(15)17)18-10-5-13-24(18)14-16-8-1-2-11-21-16/h1-4,6-9,11-12,18H,5,10,13-14H2,(H,23,25)/t18-/m0/s1. The summed E-state index contributed by atoms with van der Waals surface area (Å²) in [6.45, 7) is 1.62. The number of fused-ring (bicyclic) bond motifs is 1. The molecule has 126 valence electrons. The lowest BCUT2D eigenvalue weighted by Crippen LogP contribution is -2.39. The van der Waals surface area contributed by atoms with Crippen molar-refractivity contribution >= 4 is 22.5 Å². The number of rotatable bonds is 4. The molecular weight excluding hydrogens is 312 g/mol. The topological polar surface area (TPSA) is 58.1 Å². The highest BCUT2D eigenvalue weighted by atomic mass is 16.2. The Balaban J connectivity index is 1.51. The predicted octanol–water partition coefficient (Wildman–Crippen LogP) is 3.23. The summed E-state index contributed by atoms with van der Waals surface area (Å²) in [6, 6.07) is 15.5. The number of hydrogen-bond donors (Lipinski definition) is 1. The van der Waals surface area contributed by atoms with Crippen molar-refractivity contribution in [2.75, 3.05) is 11.9 Å². The fourth-order valence-corrected chi connectivity index (χ4v) is 3.43. The molecule has 25 heavy (non-hydrogen) atoms. The largest absolute Gasteiger partial charge is 0.323 e. The maximum atomic E-state index is 12.9. The van der Waals surface area contributed by atoms with E-state index in [1.807, 2.05) is 48.5 Å². The van der Waals surface area contributed by atoms with Crippen LogP contribution in [0.2, 0.25) is 0 Å². The molecule has 3 heterocycles.